The first kappa shape index (κ1) is 26.5. The van der Waals surface area contributed by atoms with Gasteiger partial charge in [-0.2, -0.15) is 0 Å². The van der Waals surface area contributed by atoms with Crippen molar-refractivity contribution in [2.45, 2.75) is 56.8 Å². The predicted molar refractivity (Wildman–Crippen MR) is 130 cm³/mol. The van der Waals surface area contributed by atoms with Gasteiger partial charge in [0.1, 0.15) is 0 Å². The number of sulfone groups is 1. The molecule has 1 aromatic heterocycles. The Bertz CT molecular complexity index is 1110. The van der Waals surface area contributed by atoms with Crippen molar-refractivity contribution in [3.63, 3.8) is 0 Å². The van der Waals surface area contributed by atoms with Gasteiger partial charge in [0.25, 0.3) is 0 Å². The summed E-state index contributed by atoms with van der Waals surface area (Å²) in [7, 11) is -6.89. The van der Waals surface area contributed by atoms with Crippen LogP contribution in [0.15, 0.2) is 41.6 Å². The Labute approximate surface area is 201 Å². The molecule has 0 bridgehead atoms. The second-order valence-corrected chi connectivity index (χ2v) is 12.3. The van der Waals surface area contributed by atoms with Gasteiger partial charge in [-0.1, -0.05) is 37.8 Å². The van der Waals surface area contributed by atoms with Crippen LogP contribution in [0.2, 0.25) is 0 Å². The fourth-order valence-electron chi connectivity index (χ4n) is 4.17. The first-order valence-electron chi connectivity index (χ1n) is 11.5. The second-order valence-electron chi connectivity index (χ2n) is 8.36. The lowest BCUT2D eigenvalue weighted by Gasteiger charge is -2.21. The summed E-state index contributed by atoms with van der Waals surface area (Å²) < 4.78 is 47.0. The molecule has 1 fully saturated rings. The minimum absolute atomic E-state index is 0.0769. The Morgan fingerprint density at radius 3 is 2.21 bits per heavy atom. The van der Waals surface area contributed by atoms with Gasteiger partial charge >= 0.3 is 7.60 Å². The van der Waals surface area contributed by atoms with Crippen molar-refractivity contribution in [2.24, 2.45) is 5.92 Å². The lowest BCUT2D eigenvalue weighted by atomic mass is 9.87. The van der Waals surface area contributed by atoms with Gasteiger partial charge in [-0.3, -0.25) is 9.36 Å². The third-order valence-corrected chi connectivity index (χ3v) is 8.96. The van der Waals surface area contributed by atoms with Crippen LogP contribution in [-0.2, 0) is 28.2 Å². The molecule has 1 heterocycles. The number of carbonyl (C=O) groups excluding carboxylic acids is 1. The molecule has 3 rings (SSSR count). The van der Waals surface area contributed by atoms with Crippen LogP contribution in [0.4, 0.5) is 5.82 Å². The highest BCUT2D eigenvalue weighted by atomic mass is 32.2. The predicted octanol–water partition coefficient (Wildman–Crippen LogP) is 4.07. The van der Waals surface area contributed by atoms with Gasteiger partial charge in [0.2, 0.25) is 5.91 Å². The van der Waals surface area contributed by atoms with Crippen LogP contribution < -0.4 is 10.8 Å². The van der Waals surface area contributed by atoms with Crippen LogP contribution in [0.25, 0.3) is 0 Å². The smallest absolute Gasteiger partial charge is 0.309 e. The largest absolute Gasteiger partial charge is 0.381 e. The van der Waals surface area contributed by atoms with E-state index in [0.29, 0.717) is 12.3 Å². The van der Waals surface area contributed by atoms with Gasteiger partial charge in [0, 0.05) is 6.26 Å². The Morgan fingerprint density at radius 2 is 1.71 bits per heavy atom. The molecule has 0 radical (unpaired) electrons. The number of nitrogens with one attached hydrogen (secondary N) is 1. The maximum atomic E-state index is 13.3. The standard InChI is InChI=1S/C23H32N3O6PS/c1-4-31-33(28,32-5-2)22-16-24-21(15-25-22)26-23(27)20(14-17-8-6-7-9-17)18-10-12-19(13-11-18)34(3,29)30/h10-13,15-17,20H,4-9,14H2,1-3H3,(H,24,26,27)/t20-/m1/s1. The van der Waals surface area contributed by atoms with E-state index >= 15 is 0 Å². The van der Waals surface area contributed by atoms with Gasteiger partial charge in [-0.05, 0) is 43.9 Å². The molecular weight excluding hydrogens is 477 g/mol. The van der Waals surface area contributed by atoms with Gasteiger partial charge in [0.05, 0.1) is 36.4 Å². The maximum Gasteiger partial charge on any atom is 0.381 e. The average molecular weight is 510 g/mol. The van der Waals surface area contributed by atoms with Crippen molar-refractivity contribution in [3.05, 3.63) is 42.2 Å². The van der Waals surface area contributed by atoms with E-state index in [1.807, 2.05) is 0 Å². The Balaban J connectivity index is 1.80. The summed E-state index contributed by atoms with van der Waals surface area (Å²) in [5.41, 5.74) is 0.826. The zero-order valence-corrected chi connectivity index (χ0v) is 21.5. The van der Waals surface area contributed by atoms with Crippen molar-refractivity contribution < 1.29 is 26.8 Å². The molecular formula is C23H32N3O6PS. The van der Waals surface area contributed by atoms with Gasteiger partial charge in [-0.15, -0.1) is 0 Å². The molecule has 11 heteroatoms. The monoisotopic (exact) mass is 509 g/mol. The Morgan fingerprint density at radius 1 is 1.09 bits per heavy atom. The van der Waals surface area contributed by atoms with Gasteiger partial charge in [0.15, 0.2) is 21.1 Å². The highest BCUT2D eigenvalue weighted by Crippen LogP contribution is 2.45. The van der Waals surface area contributed by atoms with E-state index in [2.05, 4.69) is 15.3 Å². The molecule has 0 spiro atoms. The fraction of sp³-hybridized carbons (Fsp3) is 0.522. The summed E-state index contributed by atoms with van der Waals surface area (Å²) >= 11 is 0. The molecule has 9 nitrogen and oxygen atoms in total. The first-order valence-corrected chi connectivity index (χ1v) is 14.9. The third kappa shape index (κ3) is 6.72. The lowest BCUT2D eigenvalue weighted by Crippen LogP contribution is -2.24. The highest BCUT2D eigenvalue weighted by molar-refractivity contribution is 7.90. The number of hydrogen-bond donors (Lipinski definition) is 1. The summed E-state index contributed by atoms with van der Waals surface area (Å²) in [6.07, 6.45) is 8.89. The zero-order valence-electron chi connectivity index (χ0n) is 19.8. The topological polar surface area (TPSA) is 125 Å². The normalized spacial score (nSPS) is 15.9. The maximum absolute atomic E-state index is 13.3. The van der Waals surface area contributed by atoms with Crippen molar-refractivity contribution in [2.75, 3.05) is 24.8 Å². The molecule has 1 saturated carbocycles. The molecule has 0 unspecified atom stereocenters. The highest BCUT2D eigenvalue weighted by Gasteiger charge is 2.30. The molecule has 0 aliphatic heterocycles. The number of benzene rings is 1. The van der Waals surface area contributed by atoms with Crippen molar-refractivity contribution in [3.8, 4) is 0 Å². The molecule has 1 amide bonds. The first-order chi connectivity index (χ1) is 16.2. The molecule has 1 aliphatic carbocycles. The molecule has 1 atom stereocenters. The average Bonchev–Trinajstić information content (AvgIpc) is 3.31. The van der Waals surface area contributed by atoms with Crippen LogP contribution in [0.3, 0.4) is 0 Å². The number of aromatic nitrogens is 2. The molecule has 0 saturated heterocycles. The van der Waals surface area contributed by atoms with Crippen LogP contribution in [0.5, 0.6) is 0 Å². The van der Waals surface area contributed by atoms with Gasteiger partial charge < -0.3 is 14.4 Å². The number of carbonyl (C=O) groups is 1. The number of nitrogens with zero attached hydrogens (tertiary/aromatic N) is 2. The van der Waals surface area contributed by atoms with Crippen LogP contribution in [0.1, 0.15) is 57.4 Å². The van der Waals surface area contributed by atoms with Crippen molar-refractivity contribution >= 4 is 34.6 Å². The molecule has 1 N–H and O–H groups in total. The van der Waals surface area contributed by atoms with Crippen molar-refractivity contribution in [1.82, 2.24) is 9.97 Å². The molecule has 34 heavy (non-hydrogen) atoms. The summed E-state index contributed by atoms with van der Waals surface area (Å²) in [4.78, 5) is 21.8. The minimum atomic E-state index is -3.57. The summed E-state index contributed by atoms with van der Waals surface area (Å²) in [6, 6.07) is 6.47. The fourth-order valence-corrected chi connectivity index (χ4v) is 6.22. The van der Waals surface area contributed by atoms with E-state index in [1.165, 1.54) is 24.5 Å². The number of amides is 1. The quantitative estimate of drug-likeness (QED) is 0.450. The Hall–Kier alpha value is -2.13. The SMILES string of the molecule is CCOP(=O)(OCC)c1cnc(NC(=O)[C@H](CC2CCCC2)c2ccc(S(C)(=O)=O)cc2)cn1. The van der Waals surface area contributed by atoms with Crippen LogP contribution >= 0.6 is 7.60 Å². The number of rotatable bonds is 11. The van der Waals surface area contributed by atoms with E-state index in [1.54, 1.807) is 26.0 Å². The zero-order chi connectivity index (χ0) is 24.8. The van der Waals surface area contributed by atoms with E-state index in [4.69, 9.17) is 9.05 Å². The lowest BCUT2D eigenvalue weighted by molar-refractivity contribution is -0.118. The van der Waals surface area contributed by atoms with Crippen LogP contribution in [-0.4, -0.2) is 43.8 Å². The second kappa shape index (κ2) is 11.5. The third-order valence-electron chi connectivity index (χ3n) is 5.84. The van der Waals surface area contributed by atoms with E-state index in [0.717, 1.165) is 37.5 Å². The molecule has 186 valence electrons. The summed E-state index contributed by atoms with van der Waals surface area (Å²) in [5.74, 6) is -0.0606. The van der Waals surface area contributed by atoms with Gasteiger partial charge in [-0.25, -0.2) is 18.4 Å². The van der Waals surface area contributed by atoms with Crippen LogP contribution in [0, 0.1) is 5.92 Å². The molecule has 1 aromatic carbocycles. The van der Waals surface area contributed by atoms with Crippen molar-refractivity contribution in [1.29, 1.82) is 0 Å². The summed E-state index contributed by atoms with van der Waals surface area (Å²) in [5, 5.41) is 2.80. The van der Waals surface area contributed by atoms with E-state index < -0.39 is 23.4 Å². The molecule has 1 aliphatic rings. The number of anilines is 1. The minimum Gasteiger partial charge on any atom is -0.309 e. The number of hydrogen-bond acceptors (Lipinski definition) is 8. The Kier molecular flexibility index (Phi) is 8.98. The molecule has 2 aromatic rings. The summed E-state index contributed by atoms with van der Waals surface area (Å²) in [6.45, 7) is 3.80. The van der Waals surface area contributed by atoms with E-state index in [9.17, 15) is 17.8 Å². The van der Waals surface area contributed by atoms with E-state index in [-0.39, 0.29) is 35.3 Å².